The Kier molecular flexibility index (Phi) is 4.53. The number of fused-ring (bicyclic) bond motifs is 4. The van der Waals surface area contributed by atoms with Gasteiger partial charge in [-0.2, -0.15) is 0 Å². The molecule has 28 heavy (non-hydrogen) atoms. The molecule has 3 aromatic rings. The molecule has 3 aliphatic heterocycles. The van der Waals surface area contributed by atoms with Gasteiger partial charge in [0.25, 0.3) is 5.91 Å². The lowest BCUT2D eigenvalue weighted by molar-refractivity contribution is 0.0618. The fraction of sp³-hybridized carbons (Fsp3) is 0.348. The van der Waals surface area contributed by atoms with E-state index >= 15 is 0 Å². The van der Waals surface area contributed by atoms with E-state index in [4.69, 9.17) is 4.74 Å². The van der Waals surface area contributed by atoms with Crippen LogP contribution in [-0.4, -0.2) is 41.5 Å². The molecule has 3 saturated heterocycles. The van der Waals surface area contributed by atoms with Crippen molar-refractivity contribution in [3.05, 3.63) is 65.9 Å². The molecular weight excluding hydrogens is 350 g/mol. The second-order valence-electron chi connectivity index (χ2n) is 7.92. The minimum Gasteiger partial charge on any atom is -0.489 e. The first-order valence-corrected chi connectivity index (χ1v) is 10.1. The van der Waals surface area contributed by atoms with E-state index in [0.29, 0.717) is 18.2 Å². The molecule has 3 fully saturated rings. The van der Waals surface area contributed by atoms with E-state index < -0.39 is 0 Å². The molecule has 3 aliphatic rings. The maximum atomic E-state index is 12.8. The van der Waals surface area contributed by atoms with Crippen molar-refractivity contribution in [3.8, 4) is 5.75 Å². The molecule has 0 spiro atoms. The van der Waals surface area contributed by atoms with Gasteiger partial charge in [0.1, 0.15) is 18.1 Å². The molecule has 5 nitrogen and oxygen atoms in total. The van der Waals surface area contributed by atoms with Crippen molar-refractivity contribution in [2.75, 3.05) is 19.6 Å². The summed E-state index contributed by atoms with van der Waals surface area (Å²) in [6, 6.07) is 18.2. The second kappa shape index (κ2) is 7.32. The summed E-state index contributed by atoms with van der Waals surface area (Å²) in [5, 5.41) is 4.27. The zero-order valence-electron chi connectivity index (χ0n) is 15.9. The van der Waals surface area contributed by atoms with Crippen molar-refractivity contribution in [2.45, 2.75) is 25.5 Å². The van der Waals surface area contributed by atoms with Crippen LogP contribution in [0.2, 0.25) is 0 Å². The summed E-state index contributed by atoms with van der Waals surface area (Å²) in [4.78, 5) is 18.5. The zero-order chi connectivity index (χ0) is 18.9. The smallest absolute Gasteiger partial charge is 0.268 e. The summed E-state index contributed by atoms with van der Waals surface area (Å²) in [5.41, 5.74) is 2.67. The van der Waals surface area contributed by atoms with Crippen molar-refractivity contribution in [1.29, 1.82) is 0 Å². The number of rotatable bonds is 5. The monoisotopic (exact) mass is 375 g/mol. The summed E-state index contributed by atoms with van der Waals surface area (Å²) >= 11 is 0. The van der Waals surface area contributed by atoms with Crippen molar-refractivity contribution < 1.29 is 9.53 Å². The Morgan fingerprint density at radius 2 is 1.93 bits per heavy atom. The van der Waals surface area contributed by atoms with Crippen molar-refractivity contribution in [1.82, 2.24) is 15.2 Å². The van der Waals surface area contributed by atoms with Crippen LogP contribution in [0.5, 0.6) is 5.75 Å². The molecule has 2 aromatic carbocycles. The lowest BCUT2D eigenvalue weighted by Gasteiger charge is -2.44. The third kappa shape index (κ3) is 3.50. The highest BCUT2D eigenvalue weighted by Crippen LogP contribution is 2.28. The van der Waals surface area contributed by atoms with Gasteiger partial charge in [-0.05, 0) is 55.6 Å². The molecule has 1 amide bonds. The van der Waals surface area contributed by atoms with E-state index in [9.17, 15) is 4.79 Å². The zero-order valence-corrected chi connectivity index (χ0v) is 15.9. The fourth-order valence-electron chi connectivity index (χ4n) is 4.43. The van der Waals surface area contributed by atoms with Gasteiger partial charge in [0.05, 0.1) is 0 Å². The first-order valence-electron chi connectivity index (χ1n) is 10.1. The highest BCUT2D eigenvalue weighted by atomic mass is 16.5. The van der Waals surface area contributed by atoms with Crippen LogP contribution >= 0.6 is 0 Å². The topological polar surface area (TPSA) is 57.4 Å². The SMILES string of the molecule is O=C(NC1CN2CCC1CC2)c1cc2ccc(OCc3ccccc3)cc2[nH]1. The van der Waals surface area contributed by atoms with Crippen LogP contribution in [0, 0.1) is 5.92 Å². The molecule has 1 unspecified atom stereocenters. The largest absolute Gasteiger partial charge is 0.489 e. The predicted octanol–water partition coefficient (Wildman–Crippen LogP) is 3.57. The third-order valence-electron chi connectivity index (χ3n) is 6.06. The first-order chi connectivity index (χ1) is 13.7. The van der Waals surface area contributed by atoms with Crippen molar-refractivity contribution in [3.63, 3.8) is 0 Å². The van der Waals surface area contributed by atoms with Gasteiger partial charge in [-0.1, -0.05) is 30.3 Å². The molecule has 1 aromatic heterocycles. The summed E-state index contributed by atoms with van der Waals surface area (Å²) in [7, 11) is 0. The number of piperidine rings is 3. The third-order valence-corrected chi connectivity index (χ3v) is 6.06. The average molecular weight is 375 g/mol. The van der Waals surface area contributed by atoms with Crippen LogP contribution in [0.4, 0.5) is 0 Å². The molecular formula is C23H25N3O2. The number of hydrogen-bond acceptors (Lipinski definition) is 3. The molecule has 0 aliphatic carbocycles. The van der Waals surface area contributed by atoms with E-state index in [2.05, 4.69) is 15.2 Å². The van der Waals surface area contributed by atoms with Crippen LogP contribution in [0.1, 0.15) is 28.9 Å². The lowest BCUT2D eigenvalue weighted by atomic mass is 9.84. The van der Waals surface area contributed by atoms with E-state index in [0.717, 1.165) is 28.8 Å². The number of amides is 1. The van der Waals surface area contributed by atoms with Gasteiger partial charge in [0.2, 0.25) is 0 Å². The van der Waals surface area contributed by atoms with Crippen molar-refractivity contribution in [2.24, 2.45) is 5.92 Å². The average Bonchev–Trinajstić information content (AvgIpc) is 3.17. The van der Waals surface area contributed by atoms with E-state index in [-0.39, 0.29) is 11.9 Å². The Morgan fingerprint density at radius 3 is 2.68 bits per heavy atom. The van der Waals surface area contributed by atoms with Crippen LogP contribution in [0.25, 0.3) is 10.9 Å². The molecule has 2 bridgehead atoms. The lowest BCUT2D eigenvalue weighted by Crippen LogP contribution is -2.57. The second-order valence-corrected chi connectivity index (χ2v) is 7.92. The Bertz CT molecular complexity index is 974. The number of H-pyrrole nitrogens is 1. The fourth-order valence-corrected chi connectivity index (χ4v) is 4.43. The highest BCUT2D eigenvalue weighted by Gasteiger charge is 2.35. The standard InChI is InChI=1S/C23H25N3O2/c27-23(25-22-14-26-10-8-17(22)9-11-26)21-12-18-6-7-19(13-20(18)24-21)28-15-16-4-2-1-3-5-16/h1-7,12-13,17,22,24H,8-11,14-15H2,(H,25,27). The van der Waals surface area contributed by atoms with Crippen LogP contribution in [0.3, 0.4) is 0 Å². The quantitative estimate of drug-likeness (QED) is 0.717. The summed E-state index contributed by atoms with van der Waals surface area (Å²) in [6.07, 6.45) is 2.39. The Morgan fingerprint density at radius 1 is 1.11 bits per heavy atom. The molecule has 4 heterocycles. The number of nitrogens with one attached hydrogen (secondary N) is 2. The number of carbonyl (C=O) groups excluding carboxylic acids is 1. The molecule has 1 atom stereocenters. The molecule has 0 radical (unpaired) electrons. The van der Waals surface area contributed by atoms with Crippen molar-refractivity contribution >= 4 is 16.8 Å². The van der Waals surface area contributed by atoms with Gasteiger partial charge >= 0.3 is 0 Å². The number of aromatic amines is 1. The minimum atomic E-state index is -0.0123. The molecule has 0 saturated carbocycles. The summed E-state index contributed by atoms with van der Waals surface area (Å²) < 4.78 is 5.90. The van der Waals surface area contributed by atoms with E-state index in [1.54, 1.807) is 0 Å². The van der Waals surface area contributed by atoms with E-state index in [1.165, 1.54) is 25.9 Å². The predicted molar refractivity (Wildman–Crippen MR) is 109 cm³/mol. The Labute approximate surface area is 164 Å². The molecule has 5 heteroatoms. The normalized spacial score (nSPS) is 23.6. The number of benzene rings is 2. The van der Waals surface area contributed by atoms with Gasteiger partial charge in [0.15, 0.2) is 0 Å². The molecule has 6 rings (SSSR count). The van der Waals surface area contributed by atoms with E-state index in [1.807, 2.05) is 54.6 Å². The maximum absolute atomic E-state index is 12.8. The number of ether oxygens (including phenoxy) is 1. The van der Waals surface area contributed by atoms with Gasteiger partial charge in [0, 0.05) is 29.6 Å². The number of nitrogens with zero attached hydrogens (tertiary/aromatic N) is 1. The van der Waals surface area contributed by atoms with Crippen LogP contribution < -0.4 is 10.1 Å². The highest BCUT2D eigenvalue weighted by molar-refractivity contribution is 5.98. The maximum Gasteiger partial charge on any atom is 0.268 e. The Hall–Kier alpha value is -2.79. The number of carbonyl (C=O) groups is 1. The summed E-state index contributed by atoms with van der Waals surface area (Å²) in [6.45, 7) is 3.86. The number of hydrogen-bond donors (Lipinski definition) is 2. The van der Waals surface area contributed by atoms with Crippen LogP contribution in [-0.2, 0) is 6.61 Å². The Balaban J connectivity index is 1.27. The minimum absolute atomic E-state index is 0.0123. The molecule has 2 N–H and O–H groups in total. The first kappa shape index (κ1) is 17.3. The van der Waals surface area contributed by atoms with Gasteiger partial charge in [-0.3, -0.25) is 4.79 Å². The number of aromatic nitrogens is 1. The van der Waals surface area contributed by atoms with Crippen LogP contribution in [0.15, 0.2) is 54.6 Å². The van der Waals surface area contributed by atoms with Gasteiger partial charge < -0.3 is 19.9 Å². The molecule has 144 valence electrons. The van der Waals surface area contributed by atoms with Gasteiger partial charge in [-0.15, -0.1) is 0 Å². The van der Waals surface area contributed by atoms with Gasteiger partial charge in [-0.25, -0.2) is 0 Å². The summed E-state index contributed by atoms with van der Waals surface area (Å²) in [5.74, 6) is 1.40.